The Bertz CT molecular complexity index is 2280. The number of allylic oxidation sites excluding steroid dienone is 1. The van der Waals surface area contributed by atoms with Gasteiger partial charge in [0.05, 0.1) is 16.3 Å². The van der Waals surface area contributed by atoms with Crippen LogP contribution < -0.4 is 20.2 Å². The predicted molar refractivity (Wildman–Crippen MR) is 176 cm³/mol. The van der Waals surface area contributed by atoms with Gasteiger partial charge >= 0.3 is 0 Å². The number of aryl methyl sites for hydroxylation is 1. The molecule has 0 saturated heterocycles. The van der Waals surface area contributed by atoms with E-state index in [1.54, 1.807) is 0 Å². The van der Waals surface area contributed by atoms with Crippen LogP contribution >= 0.6 is 11.3 Å². The summed E-state index contributed by atoms with van der Waals surface area (Å²) in [5.41, 5.74) is 8.26. The van der Waals surface area contributed by atoms with Crippen molar-refractivity contribution < 1.29 is 4.79 Å². The molecule has 214 valence electrons. The van der Waals surface area contributed by atoms with Gasteiger partial charge in [-0.1, -0.05) is 102 Å². The Kier molecular flexibility index (Phi) is 6.46. The molecular weight excluding hydrogens is 565 g/mol. The molecule has 1 aliphatic heterocycles. The highest BCUT2D eigenvalue weighted by atomic mass is 32.1. The fourth-order valence-corrected chi connectivity index (χ4v) is 7.49. The van der Waals surface area contributed by atoms with Crippen molar-refractivity contribution in [1.82, 2.24) is 9.13 Å². The molecule has 3 heterocycles. The van der Waals surface area contributed by atoms with E-state index in [0.29, 0.717) is 9.33 Å². The van der Waals surface area contributed by atoms with Crippen molar-refractivity contribution >= 4 is 45.6 Å². The summed E-state index contributed by atoms with van der Waals surface area (Å²) in [7, 11) is 0. The summed E-state index contributed by atoms with van der Waals surface area (Å²) in [6.07, 6.45) is 5.70. The summed E-state index contributed by atoms with van der Waals surface area (Å²) in [6.45, 7) is 0.157. The lowest BCUT2D eigenvalue weighted by atomic mass is 9.83. The molecule has 1 atom stereocenters. The Morgan fingerprint density at radius 2 is 1.61 bits per heavy atom. The zero-order valence-electron chi connectivity index (χ0n) is 23.8. The first kappa shape index (κ1) is 26.4. The van der Waals surface area contributed by atoms with E-state index in [-0.39, 0.29) is 24.1 Å². The SMILES string of the molecule is O=C(Cn1cc(/C=c2/sc3n(c2=O)[C@H](c2ccccc2)C2=C(N=3)c3ccccc3CC2)c2ccccc21)Nc1ccccc1. The van der Waals surface area contributed by atoms with Gasteiger partial charge < -0.3 is 9.88 Å². The number of para-hydroxylation sites is 2. The number of thiazole rings is 1. The number of amides is 1. The predicted octanol–water partition coefficient (Wildman–Crippen LogP) is 5.91. The lowest BCUT2D eigenvalue weighted by molar-refractivity contribution is -0.116. The first-order chi connectivity index (χ1) is 21.6. The molecule has 7 heteroatoms. The molecule has 4 aromatic carbocycles. The third-order valence-electron chi connectivity index (χ3n) is 8.47. The van der Waals surface area contributed by atoms with Crippen LogP contribution in [0, 0.1) is 0 Å². The third-order valence-corrected chi connectivity index (χ3v) is 9.45. The van der Waals surface area contributed by atoms with Crippen LogP contribution in [-0.4, -0.2) is 15.0 Å². The number of nitrogens with one attached hydrogen (secondary N) is 1. The highest BCUT2D eigenvalue weighted by Crippen LogP contribution is 2.41. The Labute approximate surface area is 257 Å². The molecule has 0 unspecified atom stereocenters. The van der Waals surface area contributed by atoms with Crippen molar-refractivity contribution in [2.24, 2.45) is 4.99 Å². The third kappa shape index (κ3) is 4.53. The van der Waals surface area contributed by atoms with Crippen LogP contribution in [-0.2, 0) is 17.8 Å². The summed E-state index contributed by atoms with van der Waals surface area (Å²) in [6, 6.07) is 36.0. The molecular formula is C37H28N4O2S. The van der Waals surface area contributed by atoms with Crippen molar-refractivity contribution in [2.45, 2.75) is 25.4 Å². The molecule has 1 N–H and O–H groups in total. The minimum atomic E-state index is -0.207. The largest absolute Gasteiger partial charge is 0.337 e. The van der Waals surface area contributed by atoms with Gasteiger partial charge in [-0.25, -0.2) is 4.99 Å². The number of rotatable bonds is 5. The van der Waals surface area contributed by atoms with E-state index in [2.05, 4.69) is 41.7 Å². The molecule has 8 rings (SSSR count). The smallest absolute Gasteiger partial charge is 0.271 e. The van der Waals surface area contributed by atoms with Crippen molar-refractivity contribution in [1.29, 1.82) is 0 Å². The number of carbonyl (C=O) groups excluding carboxylic acids is 1. The molecule has 1 amide bonds. The van der Waals surface area contributed by atoms with Crippen LogP contribution in [0.3, 0.4) is 0 Å². The van der Waals surface area contributed by atoms with Gasteiger partial charge in [0.15, 0.2) is 4.80 Å². The Balaban J connectivity index is 1.25. The average molecular weight is 593 g/mol. The summed E-state index contributed by atoms with van der Waals surface area (Å²) < 4.78 is 4.44. The van der Waals surface area contributed by atoms with E-state index in [0.717, 1.165) is 51.8 Å². The van der Waals surface area contributed by atoms with Crippen LogP contribution in [0.2, 0.25) is 0 Å². The van der Waals surface area contributed by atoms with Gasteiger partial charge in [-0.2, -0.15) is 0 Å². The number of nitrogens with zero attached hydrogens (tertiary/aromatic N) is 3. The lowest BCUT2D eigenvalue weighted by Gasteiger charge is -2.30. The number of benzene rings is 4. The Morgan fingerprint density at radius 3 is 2.45 bits per heavy atom. The van der Waals surface area contributed by atoms with Crippen LogP contribution in [0.4, 0.5) is 5.69 Å². The number of aromatic nitrogens is 2. The second kappa shape index (κ2) is 10.8. The van der Waals surface area contributed by atoms with Gasteiger partial charge in [-0.3, -0.25) is 14.2 Å². The van der Waals surface area contributed by atoms with E-state index in [9.17, 15) is 9.59 Å². The summed E-state index contributed by atoms with van der Waals surface area (Å²) in [5.74, 6) is -0.114. The molecule has 44 heavy (non-hydrogen) atoms. The molecule has 0 saturated carbocycles. The number of fused-ring (bicyclic) bond motifs is 4. The summed E-state index contributed by atoms with van der Waals surface area (Å²) in [4.78, 5) is 33.0. The second-order valence-corrected chi connectivity index (χ2v) is 12.2. The van der Waals surface area contributed by atoms with Crippen LogP contribution in [0.5, 0.6) is 0 Å². The summed E-state index contributed by atoms with van der Waals surface area (Å²) >= 11 is 1.42. The Morgan fingerprint density at radius 1 is 0.886 bits per heavy atom. The molecule has 6 aromatic rings. The maximum Gasteiger partial charge on any atom is 0.271 e. The van der Waals surface area contributed by atoms with E-state index in [4.69, 9.17) is 4.99 Å². The van der Waals surface area contributed by atoms with Gasteiger partial charge in [-0.15, -0.1) is 0 Å². The molecule has 2 aromatic heterocycles. The normalized spacial score (nSPS) is 15.8. The quantitative estimate of drug-likeness (QED) is 0.270. The van der Waals surface area contributed by atoms with Gasteiger partial charge in [0, 0.05) is 33.9 Å². The zero-order chi connectivity index (χ0) is 29.6. The van der Waals surface area contributed by atoms with E-state index in [1.165, 1.54) is 22.5 Å². The Hall–Kier alpha value is -5.27. The molecule has 6 nitrogen and oxygen atoms in total. The van der Waals surface area contributed by atoms with Gasteiger partial charge in [0.25, 0.3) is 5.56 Å². The maximum atomic E-state index is 14.2. The fourth-order valence-electron chi connectivity index (χ4n) is 6.50. The average Bonchev–Trinajstić information content (AvgIpc) is 3.56. The second-order valence-electron chi connectivity index (χ2n) is 11.2. The first-order valence-electron chi connectivity index (χ1n) is 14.7. The molecule has 2 aliphatic rings. The van der Waals surface area contributed by atoms with Crippen molar-refractivity contribution in [3.8, 4) is 0 Å². The highest BCUT2D eigenvalue weighted by Gasteiger charge is 2.32. The highest BCUT2D eigenvalue weighted by molar-refractivity contribution is 7.07. The zero-order valence-corrected chi connectivity index (χ0v) is 24.6. The van der Waals surface area contributed by atoms with Gasteiger partial charge in [0.2, 0.25) is 5.91 Å². The minimum absolute atomic E-state index is 0.0494. The van der Waals surface area contributed by atoms with E-state index in [1.807, 2.05) is 94.2 Å². The monoisotopic (exact) mass is 592 g/mol. The van der Waals surface area contributed by atoms with Crippen molar-refractivity contribution in [3.63, 3.8) is 0 Å². The van der Waals surface area contributed by atoms with E-state index < -0.39 is 0 Å². The van der Waals surface area contributed by atoms with Gasteiger partial charge in [-0.05, 0) is 53.8 Å². The van der Waals surface area contributed by atoms with Gasteiger partial charge in [0.1, 0.15) is 6.54 Å². The van der Waals surface area contributed by atoms with Crippen molar-refractivity contribution in [3.05, 3.63) is 163 Å². The molecule has 0 radical (unpaired) electrons. The number of carbonyl (C=O) groups is 1. The fraction of sp³-hybridized carbons (Fsp3) is 0.108. The minimum Gasteiger partial charge on any atom is -0.337 e. The molecule has 0 spiro atoms. The number of hydrogen-bond acceptors (Lipinski definition) is 4. The standard InChI is InChI=1S/C37H28N4O2S/c42-33(38-27-14-5-2-6-15-27)23-40-22-26(28-16-9-10-18-31(28)40)21-32-36(43)41-35(25-12-3-1-4-13-25)30-20-19-24-11-7-8-17-29(24)34(30)39-37(41)44-32/h1-18,21-22,35H,19-20,23H2,(H,38,42)/b32-21+/t35-/m1/s1. The first-order valence-corrected chi connectivity index (χ1v) is 15.6. The number of hydrogen-bond donors (Lipinski definition) is 1. The molecule has 1 aliphatic carbocycles. The topological polar surface area (TPSA) is 68.4 Å². The number of anilines is 1. The van der Waals surface area contributed by atoms with Crippen LogP contribution in [0.1, 0.15) is 34.7 Å². The van der Waals surface area contributed by atoms with E-state index >= 15 is 0 Å². The maximum absolute atomic E-state index is 14.2. The van der Waals surface area contributed by atoms with Crippen LogP contribution in [0.15, 0.2) is 131 Å². The molecule has 0 fully saturated rings. The van der Waals surface area contributed by atoms with Crippen LogP contribution in [0.25, 0.3) is 22.7 Å². The lowest BCUT2D eigenvalue weighted by Crippen LogP contribution is -2.38. The summed E-state index contributed by atoms with van der Waals surface area (Å²) in [5, 5.41) is 3.95. The van der Waals surface area contributed by atoms with Crippen molar-refractivity contribution in [2.75, 3.05) is 5.32 Å². The molecule has 0 bridgehead atoms.